The van der Waals surface area contributed by atoms with Gasteiger partial charge in [-0.2, -0.15) is 0 Å². The normalized spacial score (nSPS) is 50.7. The lowest BCUT2D eigenvalue weighted by Crippen LogP contribution is -2.65. The van der Waals surface area contributed by atoms with E-state index in [0.717, 1.165) is 24.8 Å². The second-order valence-corrected chi connectivity index (χ2v) is 14.9. The lowest BCUT2D eigenvalue weighted by Gasteiger charge is -2.68. The highest BCUT2D eigenvalue weighted by Gasteiger charge is 2.71. The summed E-state index contributed by atoms with van der Waals surface area (Å²) in [7, 11) is 0. The molecule has 3 N–H and O–H groups in total. The minimum atomic E-state index is -1.24. The molecule has 0 aromatic carbocycles. The quantitative estimate of drug-likeness (QED) is 0.524. The van der Waals surface area contributed by atoms with Gasteiger partial charge in [0.15, 0.2) is 5.78 Å². The Balaban J connectivity index is 1.60. The first-order chi connectivity index (χ1) is 16.3. The third-order valence-corrected chi connectivity index (χ3v) is 12.0. The van der Waals surface area contributed by atoms with Crippen LogP contribution in [0.2, 0.25) is 0 Å². The van der Waals surface area contributed by atoms with E-state index in [1.807, 2.05) is 6.92 Å². The van der Waals surface area contributed by atoms with E-state index in [4.69, 9.17) is 4.74 Å². The molecule has 0 bridgehead atoms. The Morgan fingerprint density at radius 3 is 2.19 bits per heavy atom. The zero-order chi connectivity index (χ0) is 26.9. The highest BCUT2D eigenvalue weighted by Crippen LogP contribution is 2.74. The maximum Gasteiger partial charge on any atom is 0.162 e. The summed E-state index contributed by atoms with van der Waals surface area (Å²) in [6, 6.07) is 0. The van der Waals surface area contributed by atoms with E-state index < -0.39 is 40.3 Å². The number of ether oxygens (including phenoxy) is 1. The average Bonchev–Trinajstić information content (AvgIpc) is 3.18. The molecule has 1 saturated heterocycles. The van der Waals surface area contributed by atoms with Crippen LogP contribution in [-0.4, -0.2) is 56.4 Å². The number of aliphatic hydroxyl groups is 3. The number of fused-ring (bicyclic) bond motifs is 5. The Morgan fingerprint density at radius 2 is 1.61 bits per heavy atom. The molecule has 0 aromatic heterocycles. The van der Waals surface area contributed by atoms with Crippen LogP contribution >= 0.6 is 0 Å². The molecule has 9 atom stereocenters. The number of rotatable bonds is 2. The molecule has 36 heavy (non-hydrogen) atoms. The van der Waals surface area contributed by atoms with Crippen molar-refractivity contribution in [3.63, 3.8) is 0 Å². The van der Waals surface area contributed by atoms with E-state index in [2.05, 4.69) is 34.6 Å². The van der Waals surface area contributed by atoms with Crippen molar-refractivity contribution in [3.05, 3.63) is 11.1 Å². The van der Waals surface area contributed by atoms with Gasteiger partial charge in [0.1, 0.15) is 11.9 Å². The van der Waals surface area contributed by atoms with Gasteiger partial charge in [-0.05, 0) is 69.1 Å². The minimum absolute atomic E-state index is 0.0101. The van der Waals surface area contributed by atoms with Gasteiger partial charge < -0.3 is 20.1 Å². The summed E-state index contributed by atoms with van der Waals surface area (Å²) in [5.41, 5.74) is -1.96. The maximum atomic E-state index is 13.8. The van der Waals surface area contributed by atoms with Crippen molar-refractivity contribution in [3.8, 4) is 0 Å². The molecule has 0 aromatic rings. The van der Waals surface area contributed by atoms with Crippen LogP contribution in [-0.2, 0) is 14.3 Å². The highest BCUT2D eigenvalue weighted by molar-refractivity contribution is 6.02. The van der Waals surface area contributed by atoms with Crippen molar-refractivity contribution < 1.29 is 29.6 Å². The standard InChI is InChI=1S/C30H46O6/c1-25(2)20-9-12-28(6)23(27(20,5)11-10-21(25)34)17(31)13-16-22(18(32)14-29(16,28)7)30(8)15-19(33)24(36-30)26(3,4)35/h17,19-20,23-24,31,33,35H,9-15H2,1-8H3/t17-,19-,20-,23-,24+,27-,28-,29-,30-/m0/s1. The Labute approximate surface area is 215 Å². The molecule has 4 fully saturated rings. The number of hydrogen-bond donors (Lipinski definition) is 3. The summed E-state index contributed by atoms with van der Waals surface area (Å²) in [5, 5.41) is 33.3. The van der Waals surface area contributed by atoms with Crippen LogP contribution in [0.25, 0.3) is 0 Å². The number of carbonyl (C=O) groups is 2. The smallest absolute Gasteiger partial charge is 0.162 e. The molecule has 0 unspecified atom stereocenters. The molecule has 6 heteroatoms. The van der Waals surface area contributed by atoms with Crippen LogP contribution in [0, 0.1) is 33.5 Å². The van der Waals surface area contributed by atoms with Crippen LogP contribution < -0.4 is 0 Å². The van der Waals surface area contributed by atoms with Crippen molar-refractivity contribution in [1.82, 2.24) is 0 Å². The van der Waals surface area contributed by atoms with Gasteiger partial charge in [0.25, 0.3) is 0 Å². The van der Waals surface area contributed by atoms with Gasteiger partial charge in [0, 0.05) is 35.7 Å². The first-order valence-corrected chi connectivity index (χ1v) is 13.9. The third kappa shape index (κ3) is 3.17. The van der Waals surface area contributed by atoms with Crippen molar-refractivity contribution in [1.29, 1.82) is 0 Å². The second kappa shape index (κ2) is 7.52. The van der Waals surface area contributed by atoms with Crippen LogP contribution in [0.5, 0.6) is 0 Å². The number of aliphatic hydroxyl groups excluding tert-OH is 2. The molecule has 3 saturated carbocycles. The first-order valence-electron chi connectivity index (χ1n) is 13.9. The average molecular weight is 503 g/mol. The Hall–Kier alpha value is -1.08. The van der Waals surface area contributed by atoms with E-state index in [-0.39, 0.29) is 34.9 Å². The molecule has 1 heterocycles. The molecular formula is C30H46O6. The van der Waals surface area contributed by atoms with Gasteiger partial charge in [-0.3, -0.25) is 9.59 Å². The summed E-state index contributed by atoms with van der Waals surface area (Å²) in [5.74, 6) is 0.571. The molecule has 0 radical (unpaired) electrons. The number of ketones is 2. The van der Waals surface area contributed by atoms with Crippen LogP contribution in [0.3, 0.4) is 0 Å². The van der Waals surface area contributed by atoms with Gasteiger partial charge in [0.05, 0.1) is 23.4 Å². The molecule has 0 amide bonds. The molecule has 1 aliphatic heterocycles. The second-order valence-electron chi connectivity index (χ2n) is 14.9. The lowest BCUT2D eigenvalue weighted by atomic mass is 9.36. The first kappa shape index (κ1) is 26.5. The van der Waals surface area contributed by atoms with Crippen molar-refractivity contribution >= 4 is 11.6 Å². The van der Waals surface area contributed by atoms with Crippen molar-refractivity contribution in [2.45, 2.75) is 130 Å². The summed E-state index contributed by atoms with van der Waals surface area (Å²) in [4.78, 5) is 26.7. The number of carbonyl (C=O) groups excluding carboxylic acids is 2. The molecule has 5 aliphatic rings. The van der Waals surface area contributed by atoms with E-state index in [9.17, 15) is 24.9 Å². The fourth-order valence-corrected chi connectivity index (χ4v) is 10.2. The lowest BCUT2D eigenvalue weighted by molar-refractivity contribution is -0.208. The summed E-state index contributed by atoms with van der Waals surface area (Å²) >= 11 is 0. The molecule has 0 spiro atoms. The highest BCUT2D eigenvalue weighted by atomic mass is 16.5. The summed E-state index contributed by atoms with van der Waals surface area (Å²) in [6.07, 6.45) is 1.86. The molecular weight excluding hydrogens is 456 g/mol. The zero-order valence-electron chi connectivity index (χ0n) is 23.4. The number of Topliss-reactive ketones (excluding diaryl/α,β-unsaturated/α-hetero) is 2. The minimum Gasteiger partial charge on any atom is -0.392 e. The number of hydrogen-bond acceptors (Lipinski definition) is 6. The topological polar surface area (TPSA) is 104 Å². The van der Waals surface area contributed by atoms with E-state index in [1.165, 1.54) is 0 Å². The van der Waals surface area contributed by atoms with Gasteiger partial charge in [0.2, 0.25) is 0 Å². The zero-order valence-corrected chi connectivity index (χ0v) is 23.4. The van der Waals surface area contributed by atoms with Gasteiger partial charge in [-0.25, -0.2) is 0 Å². The van der Waals surface area contributed by atoms with Gasteiger partial charge >= 0.3 is 0 Å². The Kier molecular flexibility index (Phi) is 5.54. The maximum absolute atomic E-state index is 13.8. The third-order valence-electron chi connectivity index (χ3n) is 12.0. The molecule has 6 nitrogen and oxygen atoms in total. The van der Waals surface area contributed by atoms with Crippen LogP contribution in [0.4, 0.5) is 0 Å². The molecule has 202 valence electrons. The molecule has 4 aliphatic carbocycles. The van der Waals surface area contributed by atoms with Crippen LogP contribution in [0.1, 0.15) is 100 Å². The Bertz CT molecular complexity index is 1040. The van der Waals surface area contributed by atoms with Crippen molar-refractivity contribution in [2.24, 2.45) is 33.5 Å². The predicted octanol–water partition coefficient (Wildman–Crippen LogP) is 4.13. The Morgan fingerprint density at radius 1 is 0.972 bits per heavy atom. The van der Waals surface area contributed by atoms with Crippen molar-refractivity contribution in [2.75, 3.05) is 0 Å². The van der Waals surface area contributed by atoms with Gasteiger partial charge in [-0.1, -0.05) is 40.2 Å². The van der Waals surface area contributed by atoms with Crippen LogP contribution in [0.15, 0.2) is 11.1 Å². The monoisotopic (exact) mass is 502 g/mol. The van der Waals surface area contributed by atoms with Gasteiger partial charge in [-0.15, -0.1) is 0 Å². The summed E-state index contributed by atoms with van der Waals surface area (Å²) < 4.78 is 6.33. The van der Waals surface area contributed by atoms with E-state index in [0.29, 0.717) is 30.6 Å². The SMILES string of the molecule is CC(C)(O)[C@@H]1O[C@](C)(C2=C3C[C@H](O)[C@H]4[C@@]5(C)CCC(=O)C(C)(C)[C@@H]5CC[C@]4(C)[C@@]3(C)CC2=O)C[C@@H]1O. The fraction of sp³-hybridized carbons (Fsp3) is 0.867. The van der Waals surface area contributed by atoms with E-state index in [1.54, 1.807) is 13.8 Å². The largest absolute Gasteiger partial charge is 0.392 e. The fourth-order valence-electron chi connectivity index (χ4n) is 10.2. The molecule has 5 rings (SSSR count). The predicted molar refractivity (Wildman–Crippen MR) is 136 cm³/mol. The summed E-state index contributed by atoms with van der Waals surface area (Å²) in [6.45, 7) is 16.0. The van der Waals surface area contributed by atoms with E-state index >= 15 is 0 Å².